The van der Waals surface area contributed by atoms with Crippen LogP contribution in [0, 0.1) is 10.1 Å². The lowest BCUT2D eigenvalue weighted by molar-refractivity contribution is -0.384. The standard InChI is InChI=1S/C12H15ClN2O4/c1-2-3-6-14-11(12(16)17)8-4-5-9(13)10(7-8)15(18)19/h4-5,7,11,14H,2-3,6H2,1H3,(H,16,17). The van der Waals surface area contributed by atoms with Gasteiger partial charge in [0.15, 0.2) is 0 Å². The number of carbonyl (C=O) groups is 1. The largest absolute Gasteiger partial charge is 0.480 e. The Hall–Kier alpha value is -1.66. The van der Waals surface area contributed by atoms with Crippen molar-refractivity contribution in [3.8, 4) is 0 Å². The summed E-state index contributed by atoms with van der Waals surface area (Å²) in [5, 5.41) is 22.8. The number of rotatable bonds is 7. The molecule has 0 heterocycles. The van der Waals surface area contributed by atoms with E-state index in [1.54, 1.807) is 0 Å². The summed E-state index contributed by atoms with van der Waals surface area (Å²) in [6.07, 6.45) is 1.76. The second kappa shape index (κ2) is 7.06. The van der Waals surface area contributed by atoms with Gasteiger partial charge in [-0.1, -0.05) is 31.0 Å². The first-order chi connectivity index (χ1) is 8.97. The van der Waals surface area contributed by atoms with Gasteiger partial charge in [-0.25, -0.2) is 0 Å². The van der Waals surface area contributed by atoms with Crippen molar-refractivity contribution in [1.82, 2.24) is 5.32 Å². The molecular weight excluding hydrogens is 272 g/mol. The molecule has 6 nitrogen and oxygen atoms in total. The summed E-state index contributed by atoms with van der Waals surface area (Å²) in [7, 11) is 0. The van der Waals surface area contributed by atoms with Crippen molar-refractivity contribution in [1.29, 1.82) is 0 Å². The Balaban J connectivity index is 2.99. The van der Waals surface area contributed by atoms with Crippen LogP contribution in [-0.2, 0) is 4.79 Å². The molecule has 1 atom stereocenters. The summed E-state index contributed by atoms with van der Waals surface area (Å²) in [5.41, 5.74) is 0.0300. The number of carboxylic acids is 1. The van der Waals surface area contributed by atoms with E-state index in [9.17, 15) is 14.9 Å². The van der Waals surface area contributed by atoms with Crippen molar-refractivity contribution in [2.45, 2.75) is 25.8 Å². The lowest BCUT2D eigenvalue weighted by atomic mass is 10.1. The number of nitro benzene ring substituents is 1. The van der Waals surface area contributed by atoms with Crippen LogP contribution in [0.5, 0.6) is 0 Å². The maximum atomic E-state index is 11.2. The Labute approximate surface area is 115 Å². The SMILES string of the molecule is CCCCNC(C(=O)O)c1ccc(Cl)c([N+](=O)[O-])c1. The van der Waals surface area contributed by atoms with Crippen LogP contribution in [0.15, 0.2) is 18.2 Å². The van der Waals surface area contributed by atoms with Gasteiger partial charge in [0.1, 0.15) is 11.1 Å². The van der Waals surface area contributed by atoms with Gasteiger partial charge >= 0.3 is 5.97 Å². The lowest BCUT2D eigenvalue weighted by Crippen LogP contribution is -2.29. The maximum absolute atomic E-state index is 11.2. The molecule has 1 rings (SSSR count). The normalized spacial score (nSPS) is 12.1. The summed E-state index contributed by atoms with van der Waals surface area (Å²) < 4.78 is 0. The Bertz CT molecular complexity index is 479. The molecule has 0 radical (unpaired) electrons. The summed E-state index contributed by atoms with van der Waals surface area (Å²) >= 11 is 5.69. The molecule has 7 heteroatoms. The van der Waals surface area contributed by atoms with E-state index in [-0.39, 0.29) is 10.7 Å². The lowest BCUT2D eigenvalue weighted by Gasteiger charge is -2.14. The molecular formula is C12H15ClN2O4. The average molecular weight is 287 g/mol. The Morgan fingerprint density at radius 2 is 2.26 bits per heavy atom. The number of nitrogens with zero attached hydrogens (tertiary/aromatic N) is 1. The van der Waals surface area contributed by atoms with Crippen LogP contribution in [0.1, 0.15) is 31.4 Å². The van der Waals surface area contributed by atoms with Crippen molar-refractivity contribution in [2.24, 2.45) is 0 Å². The quantitative estimate of drug-likeness (QED) is 0.457. The predicted octanol–water partition coefficient (Wildman–Crippen LogP) is 2.76. The minimum Gasteiger partial charge on any atom is -0.480 e. The first-order valence-corrected chi connectivity index (χ1v) is 6.25. The first-order valence-electron chi connectivity index (χ1n) is 5.87. The monoisotopic (exact) mass is 286 g/mol. The van der Waals surface area contributed by atoms with E-state index >= 15 is 0 Å². The fourth-order valence-corrected chi connectivity index (χ4v) is 1.81. The van der Waals surface area contributed by atoms with E-state index in [1.807, 2.05) is 6.92 Å². The molecule has 0 aliphatic rings. The highest BCUT2D eigenvalue weighted by atomic mass is 35.5. The van der Waals surface area contributed by atoms with Gasteiger partial charge in [0, 0.05) is 6.07 Å². The van der Waals surface area contributed by atoms with Crippen molar-refractivity contribution in [2.75, 3.05) is 6.54 Å². The van der Waals surface area contributed by atoms with Crippen LogP contribution >= 0.6 is 11.6 Å². The van der Waals surface area contributed by atoms with Gasteiger partial charge in [0.25, 0.3) is 5.69 Å². The minimum absolute atomic E-state index is 0.00792. The molecule has 0 spiro atoms. The second-order valence-corrected chi connectivity index (χ2v) is 4.45. The molecule has 0 aliphatic carbocycles. The van der Waals surface area contributed by atoms with E-state index < -0.39 is 16.9 Å². The number of hydrogen-bond acceptors (Lipinski definition) is 4. The third kappa shape index (κ3) is 4.18. The number of aliphatic carboxylic acids is 1. The molecule has 1 aromatic rings. The molecule has 2 N–H and O–H groups in total. The molecule has 0 fully saturated rings. The first kappa shape index (κ1) is 15.4. The van der Waals surface area contributed by atoms with Crippen molar-refractivity contribution in [3.63, 3.8) is 0 Å². The van der Waals surface area contributed by atoms with Crippen LogP contribution in [0.25, 0.3) is 0 Å². The number of carboxylic acid groups (broad SMARTS) is 1. The van der Waals surface area contributed by atoms with Gasteiger partial charge in [-0.3, -0.25) is 14.9 Å². The number of hydrogen-bond donors (Lipinski definition) is 2. The Kier molecular flexibility index (Phi) is 5.72. The zero-order chi connectivity index (χ0) is 14.4. The van der Waals surface area contributed by atoms with Gasteiger partial charge in [0.2, 0.25) is 0 Å². The zero-order valence-electron chi connectivity index (χ0n) is 10.4. The Morgan fingerprint density at radius 3 is 2.79 bits per heavy atom. The van der Waals surface area contributed by atoms with Crippen LogP contribution in [0.4, 0.5) is 5.69 Å². The van der Waals surface area contributed by atoms with Crippen LogP contribution < -0.4 is 5.32 Å². The summed E-state index contributed by atoms with van der Waals surface area (Å²) in [5.74, 6) is -1.08. The van der Waals surface area contributed by atoms with E-state index in [2.05, 4.69) is 5.32 Å². The highest BCUT2D eigenvalue weighted by Crippen LogP contribution is 2.27. The average Bonchev–Trinajstić information content (AvgIpc) is 2.35. The fraction of sp³-hybridized carbons (Fsp3) is 0.417. The molecule has 0 aliphatic heterocycles. The van der Waals surface area contributed by atoms with Crippen molar-refractivity contribution in [3.05, 3.63) is 38.9 Å². The van der Waals surface area contributed by atoms with Gasteiger partial charge in [0.05, 0.1) is 4.92 Å². The number of halogens is 1. The highest BCUT2D eigenvalue weighted by Gasteiger charge is 2.22. The van der Waals surface area contributed by atoms with E-state index in [1.165, 1.54) is 18.2 Å². The Morgan fingerprint density at radius 1 is 1.58 bits per heavy atom. The number of benzene rings is 1. The molecule has 1 unspecified atom stereocenters. The van der Waals surface area contributed by atoms with Gasteiger partial charge in [-0.15, -0.1) is 0 Å². The van der Waals surface area contributed by atoms with Gasteiger partial charge in [-0.05, 0) is 24.6 Å². The van der Waals surface area contributed by atoms with Crippen molar-refractivity contribution >= 4 is 23.3 Å². The zero-order valence-corrected chi connectivity index (χ0v) is 11.2. The smallest absolute Gasteiger partial charge is 0.325 e. The number of nitro groups is 1. The van der Waals surface area contributed by atoms with E-state index in [0.29, 0.717) is 12.1 Å². The summed E-state index contributed by atoms with van der Waals surface area (Å²) in [6.45, 7) is 2.52. The topological polar surface area (TPSA) is 92.5 Å². The van der Waals surface area contributed by atoms with Crippen LogP contribution in [0.3, 0.4) is 0 Å². The molecule has 0 saturated heterocycles. The number of unbranched alkanes of at least 4 members (excludes halogenated alkanes) is 1. The molecule has 19 heavy (non-hydrogen) atoms. The minimum atomic E-state index is -1.08. The molecule has 0 amide bonds. The van der Waals surface area contributed by atoms with Crippen LogP contribution in [0.2, 0.25) is 5.02 Å². The molecule has 104 valence electrons. The predicted molar refractivity (Wildman–Crippen MR) is 71.4 cm³/mol. The molecule has 1 aromatic carbocycles. The third-order valence-electron chi connectivity index (χ3n) is 2.63. The molecule has 0 saturated carbocycles. The molecule has 0 bridgehead atoms. The summed E-state index contributed by atoms with van der Waals surface area (Å²) in [6, 6.07) is 3.04. The third-order valence-corrected chi connectivity index (χ3v) is 2.95. The second-order valence-electron chi connectivity index (χ2n) is 4.05. The van der Waals surface area contributed by atoms with E-state index in [0.717, 1.165) is 12.8 Å². The van der Waals surface area contributed by atoms with Crippen molar-refractivity contribution < 1.29 is 14.8 Å². The fourth-order valence-electron chi connectivity index (χ4n) is 1.62. The maximum Gasteiger partial charge on any atom is 0.325 e. The highest BCUT2D eigenvalue weighted by molar-refractivity contribution is 6.32. The summed E-state index contributed by atoms with van der Waals surface area (Å²) in [4.78, 5) is 21.3. The number of nitrogens with one attached hydrogen (secondary N) is 1. The van der Waals surface area contributed by atoms with Gasteiger partial charge < -0.3 is 10.4 Å². The van der Waals surface area contributed by atoms with Gasteiger partial charge in [-0.2, -0.15) is 0 Å². The van der Waals surface area contributed by atoms with Crippen LogP contribution in [-0.4, -0.2) is 22.5 Å². The molecule has 0 aromatic heterocycles. The van der Waals surface area contributed by atoms with E-state index in [4.69, 9.17) is 16.7 Å².